The van der Waals surface area contributed by atoms with Crippen LogP contribution in [-0.4, -0.2) is 39.0 Å². The SMILES string of the molecule is Cc1noc(C2CN(C(=O)c3ncccc3Oc3ccccc3)C2)n1. The van der Waals surface area contributed by atoms with Crippen molar-refractivity contribution < 1.29 is 14.1 Å². The Kier molecular flexibility index (Phi) is 3.89. The third-order valence-corrected chi connectivity index (χ3v) is 4.01. The van der Waals surface area contributed by atoms with Crippen LogP contribution in [0.3, 0.4) is 0 Å². The summed E-state index contributed by atoms with van der Waals surface area (Å²) in [6, 6.07) is 12.8. The number of ether oxygens (including phenoxy) is 1. The Bertz CT molecular complexity index is 888. The van der Waals surface area contributed by atoms with Crippen molar-refractivity contribution in [1.29, 1.82) is 0 Å². The van der Waals surface area contributed by atoms with E-state index < -0.39 is 0 Å². The van der Waals surface area contributed by atoms with Crippen molar-refractivity contribution in [1.82, 2.24) is 20.0 Å². The van der Waals surface area contributed by atoms with Gasteiger partial charge in [-0.05, 0) is 31.2 Å². The smallest absolute Gasteiger partial charge is 0.276 e. The van der Waals surface area contributed by atoms with Crippen molar-refractivity contribution in [2.75, 3.05) is 13.1 Å². The lowest BCUT2D eigenvalue weighted by Crippen LogP contribution is -2.48. The molecule has 4 rings (SSSR count). The van der Waals surface area contributed by atoms with Crippen molar-refractivity contribution in [3.8, 4) is 11.5 Å². The molecule has 3 heterocycles. The molecule has 0 aliphatic carbocycles. The minimum atomic E-state index is -0.168. The molecule has 1 amide bonds. The molecule has 25 heavy (non-hydrogen) atoms. The zero-order valence-electron chi connectivity index (χ0n) is 13.6. The van der Waals surface area contributed by atoms with Gasteiger partial charge >= 0.3 is 0 Å². The van der Waals surface area contributed by atoms with Gasteiger partial charge in [0, 0.05) is 19.3 Å². The Labute approximate surface area is 144 Å². The van der Waals surface area contributed by atoms with Gasteiger partial charge in [-0.25, -0.2) is 4.98 Å². The molecule has 1 fully saturated rings. The first-order chi connectivity index (χ1) is 12.2. The second-order valence-corrected chi connectivity index (χ2v) is 5.85. The number of pyridine rings is 1. The third kappa shape index (κ3) is 3.08. The summed E-state index contributed by atoms with van der Waals surface area (Å²) in [7, 11) is 0. The van der Waals surface area contributed by atoms with Crippen LogP contribution in [0.15, 0.2) is 53.2 Å². The van der Waals surface area contributed by atoms with Crippen LogP contribution in [0.1, 0.15) is 28.1 Å². The summed E-state index contributed by atoms with van der Waals surface area (Å²) in [4.78, 5) is 22.9. The van der Waals surface area contributed by atoms with Gasteiger partial charge in [0.1, 0.15) is 5.75 Å². The number of carbonyl (C=O) groups excluding carboxylic acids is 1. The number of benzene rings is 1. The molecule has 7 heteroatoms. The molecule has 1 aromatic carbocycles. The van der Waals surface area contributed by atoms with Gasteiger partial charge in [0.05, 0.1) is 5.92 Å². The number of rotatable bonds is 4. The summed E-state index contributed by atoms with van der Waals surface area (Å²) in [5, 5.41) is 3.79. The number of aryl methyl sites for hydroxylation is 1. The molecule has 1 aliphatic heterocycles. The number of carbonyl (C=O) groups is 1. The van der Waals surface area contributed by atoms with Crippen molar-refractivity contribution in [2.24, 2.45) is 0 Å². The average Bonchev–Trinajstić information content (AvgIpc) is 3.01. The fourth-order valence-electron chi connectivity index (χ4n) is 2.68. The predicted molar refractivity (Wildman–Crippen MR) is 88.4 cm³/mol. The molecule has 1 saturated heterocycles. The van der Waals surface area contributed by atoms with Gasteiger partial charge in [-0.2, -0.15) is 4.98 Å². The molecule has 126 valence electrons. The molecule has 3 aromatic rings. The number of amides is 1. The zero-order valence-corrected chi connectivity index (χ0v) is 13.6. The van der Waals surface area contributed by atoms with Crippen molar-refractivity contribution in [3.05, 3.63) is 66.1 Å². The summed E-state index contributed by atoms with van der Waals surface area (Å²) >= 11 is 0. The van der Waals surface area contributed by atoms with E-state index in [9.17, 15) is 4.79 Å². The van der Waals surface area contributed by atoms with Crippen LogP contribution in [0.2, 0.25) is 0 Å². The second-order valence-electron chi connectivity index (χ2n) is 5.85. The van der Waals surface area contributed by atoms with Crippen LogP contribution >= 0.6 is 0 Å². The normalized spacial score (nSPS) is 14.2. The van der Waals surface area contributed by atoms with E-state index in [1.54, 1.807) is 30.2 Å². The number of nitrogens with zero attached hydrogens (tertiary/aromatic N) is 4. The Morgan fingerprint density at radius 2 is 2.00 bits per heavy atom. The first kappa shape index (κ1) is 15.3. The molecule has 0 saturated carbocycles. The highest BCUT2D eigenvalue weighted by Crippen LogP contribution is 2.30. The quantitative estimate of drug-likeness (QED) is 0.729. The Morgan fingerprint density at radius 1 is 1.20 bits per heavy atom. The lowest BCUT2D eigenvalue weighted by atomic mass is 9.99. The van der Waals surface area contributed by atoms with Gasteiger partial charge in [-0.15, -0.1) is 0 Å². The lowest BCUT2D eigenvalue weighted by Gasteiger charge is -2.36. The summed E-state index contributed by atoms with van der Waals surface area (Å²) in [6.07, 6.45) is 1.59. The van der Waals surface area contributed by atoms with E-state index in [1.807, 2.05) is 30.3 Å². The van der Waals surface area contributed by atoms with E-state index in [0.717, 1.165) is 0 Å². The van der Waals surface area contributed by atoms with Crippen LogP contribution in [0.25, 0.3) is 0 Å². The zero-order chi connectivity index (χ0) is 17.2. The summed E-state index contributed by atoms with van der Waals surface area (Å²) in [6.45, 7) is 2.83. The standard InChI is InChI=1S/C18H16N4O3/c1-12-20-17(25-21-12)13-10-22(11-13)18(23)16-15(8-5-9-19-16)24-14-6-3-2-4-7-14/h2-9,13H,10-11H2,1H3. The Balaban J connectivity index is 1.48. The fraction of sp³-hybridized carbons (Fsp3) is 0.222. The monoisotopic (exact) mass is 336 g/mol. The van der Waals surface area contributed by atoms with E-state index in [2.05, 4.69) is 15.1 Å². The van der Waals surface area contributed by atoms with Gasteiger partial charge in [0.15, 0.2) is 17.3 Å². The largest absolute Gasteiger partial charge is 0.455 e. The van der Waals surface area contributed by atoms with Crippen LogP contribution in [0.5, 0.6) is 11.5 Å². The maximum Gasteiger partial charge on any atom is 0.276 e. The first-order valence-electron chi connectivity index (χ1n) is 7.98. The van der Waals surface area contributed by atoms with Gasteiger partial charge in [-0.1, -0.05) is 23.4 Å². The number of hydrogen-bond acceptors (Lipinski definition) is 6. The minimum absolute atomic E-state index is 0.0763. The lowest BCUT2D eigenvalue weighted by molar-refractivity contribution is 0.0560. The average molecular weight is 336 g/mol. The van der Waals surface area contributed by atoms with E-state index >= 15 is 0 Å². The van der Waals surface area contributed by atoms with E-state index in [4.69, 9.17) is 9.26 Å². The topological polar surface area (TPSA) is 81.4 Å². The minimum Gasteiger partial charge on any atom is -0.455 e. The van der Waals surface area contributed by atoms with Crippen LogP contribution in [0.4, 0.5) is 0 Å². The summed E-state index contributed by atoms with van der Waals surface area (Å²) < 4.78 is 11.0. The molecule has 1 aliphatic rings. The van der Waals surface area contributed by atoms with E-state index in [0.29, 0.717) is 42.0 Å². The molecule has 2 aromatic heterocycles. The van der Waals surface area contributed by atoms with Crippen molar-refractivity contribution in [3.63, 3.8) is 0 Å². The molecule has 0 unspecified atom stereocenters. The summed E-state index contributed by atoms with van der Waals surface area (Å²) in [5.74, 6) is 2.18. The maximum absolute atomic E-state index is 12.7. The number of para-hydroxylation sites is 1. The fourth-order valence-corrected chi connectivity index (χ4v) is 2.68. The van der Waals surface area contributed by atoms with Crippen molar-refractivity contribution in [2.45, 2.75) is 12.8 Å². The molecule has 7 nitrogen and oxygen atoms in total. The molecule has 0 spiro atoms. The van der Waals surface area contributed by atoms with E-state index in [-0.39, 0.29) is 11.8 Å². The van der Waals surface area contributed by atoms with Crippen LogP contribution in [-0.2, 0) is 0 Å². The molecule has 0 atom stereocenters. The Morgan fingerprint density at radius 3 is 2.72 bits per heavy atom. The van der Waals surface area contributed by atoms with Gasteiger partial charge < -0.3 is 14.2 Å². The molecule has 0 bridgehead atoms. The first-order valence-corrected chi connectivity index (χ1v) is 7.98. The van der Waals surface area contributed by atoms with Crippen LogP contribution < -0.4 is 4.74 Å². The predicted octanol–water partition coefficient (Wildman–Crippen LogP) is 2.80. The molecule has 0 radical (unpaired) electrons. The second kappa shape index (κ2) is 6.35. The van der Waals surface area contributed by atoms with Crippen molar-refractivity contribution >= 4 is 5.91 Å². The molecule has 0 N–H and O–H groups in total. The summed E-state index contributed by atoms with van der Waals surface area (Å²) in [5.41, 5.74) is 0.298. The highest BCUT2D eigenvalue weighted by molar-refractivity contribution is 5.95. The van der Waals surface area contributed by atoms with Gasteiger partial charge in [-0.3, -0.25) is 4.79 Å². The highest BCUT2D eigenvalue weighted by atomic mass is 16.5. The maximum atomic E-state index is 12.7. The number of hydrogen-bond donors (Lipinski definition) is 0. The Hall–Kier alpha value is -3.22. The third-order valence-electron chi connectivity index (χ3n) is 4.01. The number of aromatic nitrogens is 3. The van der Waals surface area contributed by atoms with Gasteiger partial charge in [0.2, 0.25) is 5.89 Å². The molecular weight excluding hydrogens is 320 g/mol. The van der Waals surface area contributed by atoms with Crippen LogP contribution in [0, 0.1) is 6.92 Å². The van der Waals surface area contributed by atoms with Gasteiger partial charge in [0.25, 0.3) is 5.91 Å². The van der Waals surface area contributed by atoms with E-state index in [1.165, 1.54) is 0 Å². The molecular formula is C18H16N4O3. The highest BCUT2D eigenvalue weighted by Gasteiger charge is 2.37. The number of likely N-dealkylation sites (tertiary alicyclic amines) is 1.